The van der Waals surface area contributed by atoms with Crippen molar-refractivity contribution in [1.82, 2.24) is 4.98 Å². The van der Waals surface area contributed by atoms with Gasteiger partial charge in [-0.05, 0) is 29.0 Å². The Labute approximate surface area is 126 Å². The first-order chi connectivity index (χ1) is 9.25. The van der Waals surface area contributed by atoms with Gasteiger partial charge < -0.3 is 4.98 Å². The molecule has 92 valence electrons. The monoisotopic (exact) mass is 373 g/mol. The molecule has 0 aliphatic carbocycles. The van der Waals surface area contributed by atoms with E-state index in [1.807, 2.05) is 0 Å². The van der Waals surface area contributed by atoms with Gasteiger partial charge in [0.15, 0.2) is 0 Å². The summed E-state index contributed by atoms with van der Waals surface area (Å²) in [7, 11) is 0. The van der Waals surface area contributed by atoms with Crippen molar-refractivity contribution < 1.29 is 0 Å². The van der Waals surface area contributed by atoms with E-state index < -0.39 is 0 Å². The van der Waals surface area contributed by atoms with Gasteiger partial charge in [0, 0.05) is 30.8 Å². The Morgan fingerprint density at radius 2 is 1.47 bits per heavy atom. The van der Waals surface area contributed by atoms with E-state index in [4.69, 9.17) is 0 Å². The molecule has 0 aliphatic rings. The molecule has 0 spiro atoms. The Morgan fingerprint density at radius 3 is 2.32 bits per heavy atom. The molecule has 0 saturated heterocycles. The van der Waals surface area contributed by atoms with E-state index >= 15 is 0 Å². The molecule has 19 heavy (non-hydrogen) atoms. The fraction of sp³-hybridized carbons (Fsp3) is 0. The van der Waals surface area contributed by atoms with Crippen LogP contribution >= 0.6 is 31.9 Å². The van der Waals surface area contributed by atoms with Crippen LogP contribution in [-0.4, -0.2) is 4.98 Å². The van der Waals surface area contributed by atoms with Gasteiger partial charge in [0.2, 0.25) is 0 Å². The predicted molar refractivity (Wildman–Crippen MR) is 88.7 cm³/mol. The molecule has 4 rings (SSSR count). The lowest BCUT2D eigenvalue weighted by Gasteiger charge is -2.03. The maximum absolute atomic E-state index is 3.67. The standard InChI is InChI=1S/C16H9Br2N/c17-11-6-3-7-13-16(11)15-10-5-2-1-4-9(10)12(18)8-14(15)19-13/h1-8,19H. The number of hydrogen-bond donors (Lipinski definition) is 1. The highest BCUT2D eigenvalue weighted by Crippen LogP contribution is 2.38. The summed E-state index contributed by atoms with van der Waals surface area (Å²) < 4.78 is 2.25. The minimum absolute atomic E-state index is 1.12. The van der Waals surface area contributed by atoms with Crippen molar-refractivity contribution in [1.29, 1.82) is 0 Å². The second-order valence-electron chi connectivity index (χ2n) is 4.61. The zero-order valence-corrected chi connectivity index (χ0v) is 13.0. The van der Waals surface area contributed by atoms with Crippen molar-refractivity contribution in [2.75, 3.05) is 0 Å². The Balaban J connectivity index is 2.40. The van der Waals surface area contributed by atoms with Crippen molar-refractivity contribution >= 4 is 64.4 Å². The van der Waals surface area contributed by atoms with Crippen molar-refractivity contribution in [3.63, 3.8) is 0 Å². The maximum Gasteiger partial charge on any atom is 0.0483 e. The number of halogens is 2. The number of benzene rings is 3. The van der Waals surface area contributed by atoms with Crippen LogP contribution in [0.3, 0.4) is 0 Å². The van der Waals surface area contributed by atoms with Gasteiger partial charge >= 0.3 is 0 Å². The third kappa shape index (κ3) is 1.58. The van der Waals surface area contributed by atoms with Gasteiger partial charge in [-0.3, -0.25) is 0 Å². The van der Waals surface area contributed by atoms with Crippen LogP contribution in [0.1, 0.15) is 0 Å². The van der Waals surface area contributed by atoms with Crippen LogP contribution in [-0.2, 0) is 0 Å². The number of rotatable bonds is 0. The Hall–Kier alpha value is -1.32. The smallest absolute Gasteiger partial charge is 0.0483 e. The number of aromatic amines is 1. The van der Waals surface area contributed by atoms with Crippen molar-refractivity contribution in [2.45, 2.75) is 0 Å². The lowest BCUT2D eigenvalue weighted by Crippen LogP contribution is -1.77. The summed E-state index contributed by atoms with van der Waals surface area (Å²) in [6.45, 7) is 0. The summed E-state index contributed by atoms with van der Waals surface area (Å²) in [6, 6.07) is 16.9. The van der Waals surface area contributed by atoms with Crippen molar-refractivity contribution in [2.24, 2.45) is 0 Å². The topological polar surface area (TPSA) is 15.8 Å². The Kier molecular flexibility index (Phi) is 2.47. The predicted octanol–water partition coefficient (Wildman–Crippen LogP) is 6.00. The highest BCUT2D eigenvalue weighted by atomic mass is 79.9. The van der Waals surface area contributed by atoms with Crippen LogP contribution in [0.2, 0.25) is 0 Å². The third-order valence-electron chi connectivity index (χ3n) is 3.53. The lowest BCUT2D eigenvalue weighted by molar-refractivity contribution is 1.54. The maximum atomic E-state index is 3.67. The summed E-state index contributed by atoms with van der Waals surface area (Å²) in [5.74, 6) is 0. The minimum Gasteiger partial charge on any atom is -0.354 e. The van der Waals surface area contributed by atoms with Crippen molar-refractivity contribution in [3.8, 4) is 0 Å². The molecule has 0 bridgehead atoms. The number of nitrogens with one attached hydrogen (secondary N) is 1. The van der Waals surface area contributed by atoms with E-state index in [2.05, 4.69) is 85.4 Å². The summed E-state index contributed by atoms with van der Waals surface area (Å²) in [5, 5.41) is 5.04. The molecular weight excluding hydrogens is 366 g/mol. The van der Waals surface area contributed by atoms with E-state index in [1.165, 1.54) is 21.5 Å². The Morgan fingerprint density at radius 1 is 0.684 bits per heavy atom. The molecule has 0 unspecified atom stereocenters. The molecule has 4 aromatic rings. The van der Waals surface area contributed by atoms with Gasteiger partial charge in [0.1, 0.15) is 0 Å². The first kappa shape index (κ1) is 11.5. The van der Waals surface area contributed by atoms with Crippen LogP contribution in [0, 0.1) is 0 Å². The van der Waals surface area contributed by atoms with E-state index in [9.17, 15) is 0 Å². The number of H-pyrrole nitrogens is 1. The summed E-state index contributed by atoms with van der Waals surface area (Å²) in [4.78, 5) is 3.49. The van der Waals surface area contributed by atoms with Crippen LogP contribution in [0.25, 0.3) is 32.6 Å². The average molecular weight is 375 g/mol. The van der Waals surface area contributed by atoms with E-state index in [0.29, 0.717) is 0 Å². The van der Waals surface area contributed by atoms with Gasteiger partial charge in [-0.15, -0.1) is 0 Å². The van der Waals surface area contributed by atoms with Gasteiger partial charge in [-0.1, -0.05) is 62.2 Å². The molecule has 3 aromatic carbocycles. The van der Waals surface area contributed by atoms with Crippen LogP contribution in [0.4, 0.5) is 0 Å². The first-order valence-corrected chi connectivity index (χ1v) is 7.61. The highest BCUT2D eigenvalue weighted by Gasteiger charge is 2.12. The molecule has 0 radical (unpaired) electrons. The molecule has 0 aliphatic heterocycles. The summed E-state index contributed by atoms with van der Waals surface area (Å²) in [6.07, 6.45) is 0. The van der Waals surface area contributed by atoms with E-state index in [-0.39, 0.29) is 0 Å². The Bertz CT molecular complexity index is 938. The quantitative estimate of drug-likeness (QED) is 0.388. The molecule has 0 saturated carbocycles. The second-order valence-corrected chi connectivity index (χ2v) is 6.32. The van der Waals surface area contributed by atoms with Crippen LogP contribution in [0.15, 0.2) is 57.5 Å². The van der Waals surface area contributed by atoms with E-state index in [0.717, 1.165) is 20.0 Å². The van der Waals surface area contributed by atoms with Gasteiger partial charge in [-0.25, -0.2) is 0 Å². The van der Waals surface area contributed by atoms with Gasteiger partial charge in [0.25, 0.3) is 0 Å². The van der Waals surface area contributed by atoms with Crippen molar-refractivity contribution in [3.05, 3.63) is 57.5 Å². The number of hydrogen-bond acceptors (Lipinski definition) is 0. The second kappa shape index (κ2) is 4.09. The van der Waals surface area contributed by atoms with Gasteiger partial charge in [-0.2, -0.15) is 0 Å². The molecule has 3 heteroatoms. The summed E-state index contributed by atoms with van der Waals surface area (Å²) >= 11 is 7.33. The first-order valence-electron chi connectivity index (χ1n) is 6.03. The molecule has 1 N–H and O–H groups in total. The average Bonchev–Trinajstić information content (AvgIpc) is 2.78. The zero-order chi connectivity index (χ0) is 13.0. The molecule has 0 fully saturated rings. The SMILES string of the molecule is Brc1cc2[nH]c3cccc(Br)c3c2c2ccccc12. The molecule has 1 aromatic heterocycles. The zero-order valence-electron chi connectivity index (χ0n) is 9.87. The van der Waals surface area contributed by atoms with Crippen LogP contribution < -0.4 is 0 Å². The molecule has 0 amide bonds. The molecule has 1 nitrogen and oxygen atoms in total. The fourth-order valence-electron chi connectivity index (χ4n) is 2.73. The highest BCUT2D eigenvalue weighted by molar-refractivity contribution is 9.11. The lowest BCUT2D eigenvalue weighted by atomic mass is 10.0. The molecule has 0 atom stereocenters. The normalized spacial score (nSPS) is 11.7. The minimum atomic E-state index is 1.12. The summed E-state index contributed by atoms with van der Waals surface area (Å²) in [5.41, 5.74) is 2.32. The number of aromatic nitrogens is 1. The van der Waals surface area contributed by atoms with E-state index in [1.54, 1.807) is 0 Å². The largest absolute Gasteiger partial charge is 0.354 e. The fourth-order valence-corrected chi connectivity index (χ4v) is 3.87. The van der Waals surface area contributed by atoms with Gasteiger partial charge in [0.05, 0.1) is 0 Å². The third-order valence-corrected chi connectivity index (χ3v) is 4.84. The number of fused-ring (bicyclic) bond motifs is 5. The van der Waals surface area contributed by atoms with Crippen LogP contribution in [0.5, 0.6) is 0 Å². The molecule has 1 heterocycles. The molecular formula is C16H9Br2N.